The molecule has 0 bridgehead atoms. The average Bonchev–Trinajstić information content (AvgIpc) is 3.10. The van der Waals surface area contributed by atoms with Crippen molar-refractivity contribution < 1.29 is 43.0 Å². The minimum atomic E-state index is -4.53. The van der Waals surface area contributed by atoms with Gasteiger partial charge in [-0.05, 0) is 77.0 Å². The van der Waals surface area contributed by atoms with Gasteiger partial charge in [-0.1, -0.05) is 119 Å². The third-order valence-corrected chi connectivity index (χ3v) is 8.31. The second-order valence-corrected chi connectivity index (χ2v) is 13.7. The molecule has 0 radical (unpaired) electrons. The molecule has 0 spiro atoms. The van der Waals surface area contributed by atoms with Crippen molar-refractivity contribution in [3.8, 4) is 0 Å². The normalized spacial score (nSPS) is 15.1. The Morgan fingerprint density at radius 1 is 0.640 bits per heavy atom. The van der Waals surface area contributed by atoms with Crippen molar-refractivity contribution in [2.24, 2.45) is 0 Å². The quantitative estimate of drug-likeness (QED) is 0.0253. The fraction of sp³-hybridized carbons (Fsp3) is 0.675. The monoisotopic (exact) mass is 724 g/mol. The van der Waals surface area contributed by atoms with E-state index < -0.39 is 45.8 Å². The number of esters is 1. The van der Waals surface area contributed by atoms with Gasteiger partial charge in [0, 0.05) is 13.0 Å². The summed E-state index contributed by atoms with van der Waals surface area (Å²) >= 11 is 0. The zero-order chi connectivity index (χ0) is 36.8. The number of unbranched alkanes of at least 4 members (excludes halogenated alkanes) is 9. The number of phosphoric acid groups is 1. The van der Waals surface area contributed by atoms with Crippen molar-refractivity contribution in [2.75, 3.05) is 33.0 Å². The lowest BCUT2D eigenvalue weighted by Gasteiger charge is -2.20. The van der Waals surface area contributed by atoms with Crippen LogP contribution in [0.25, 0.3) is 0 Å². The molecule has 3 unspecified atom stereocenters. The SMILES string of the molecule is CC/C=C\C/C=C\C/C=C\C/C=C\CCCCCOCC(COP(=O)(O)OCC(O)CO)OC(=O)CCCCCCC/C=C\C/C=C\CCC. The van der Waals surface area contributed by atoms with E-state index in [4.69, 9.17) is 23.6 Å². The number of carbonyl (C=O) groups excluding carboxylic acids is 1. The van der Waals surface area contributed by atoms with Gasteiger partial charge in [0.2, 0.25) is 0 Å². The molecule has 0 aliphatic heterocycles. The smallest absolute Gasteiger partial charge is 0.457 e. The Kier molecular flexibility index (Phi) is 35.1. The minimum absolute atomic E-state index is 0.0176. The number of aliphatic hydroxyl groups is 2. The fourth-order valence-corrected chi connectivity index (χ4v) is 5.29. The predicted molar refractivity (Wildman–Crippen MR) is 205 cm³/mol. The van der Waals surface area contributed by atoms with Gasteiger partial charge >= 0.3 is 13.8 Å². The molecule has 3 N–H and O–H groups in total. The second-order valence-electron chi connectivity index (χ2n) is 12.2. The molecule has 0 aromatic carbocycles. The van der Waals surface area contributed by atoms with Crippen LogP contribution in [0.5, 0.6) is 0 Å². The van der Waals surface area contributed by atoms with Gasteiger partial charge in [0.15, 0.2) is 0 Å². The van der Waals surface area contributed by atoms with Crippen LogP contribution in [0.3, 0.4) is 0 Å². The van der Waals surface area contributed by atoms with Gasteiger partial charge in [-0.2, -0.15) is 0 Å². The van der Waals surface area contributed by atoms with Crippen molar-refractivity contribution in [1.82, 2.24) is 0 Å². The largest absolute Gasteiger partial charge is 0.472 e. The maximum atomic E-state index is 12.5. The molecule has 0 saturated carbocycles. The molecule has 10 heteroatoms. The Bertz CT molecular complexity index is 1000. The number of ether oxygens (including phenoxy) is 2. The molecule has 288 valence electrons. The van der Waals surface area contributed by atoms with Crippen LogP contribution >= 0.6 is 7.82 Å². The van der Waals surface area contributed by atoms with E-state index in [0.29, 0.717) is 13.0 Å². The third kappa shape index (κ3) is 35.7. The first-order chi connectivity index (χ1) is 24.3. The summed E-state index contributed by atoms with van der Waals surface area (Å²) in [6, 6.07) is 0. The van der Waals surface area contributed by atoms with E-state index in [0.717, 1.165) is 96.3 Å². The van der Waals surface area contributed by atoms with Crippen LogP contribution in [0.1, 0.15) is 129 Å². The molecular formula is C40H69O9P. The summed E-state index contributed by atoms with van der Waals surface area (Å²) in [6.07, 6.45) is 41.5. The van der Waals surface area contributed by atoms with E-state index in [9.17, 15) is 19.4 Å². The molecule has 0 aliphatic carbocycles. The molecule has 0 saturated heterocycles. The number of hydrogen-bond acceptors (Lipinski definition) is 8. The van der Waals surface area contributed by atoms with Crippen LogP contribution in [0.2, 0.25) is 0 Å². The molecule has 0 aromatic heterocycles. The van der Waals surface area contributed by atoms with Gasteiger partial charge < -0.3 is 24.6 Å². The number of phosphoric ester groups is 1. The van der Waals surface area contributed by atoms with E-state index in [1.165, 1.54) is 6.42 Å². The standard InChI is InChI=1S/C40H69O9P/c1-3-5-7-9-11-13-15-17-18-19-21-23-25-27-29-31-33-46-36-39(37-48-50(44,45)47-35-38(42)34-41)49-40(43)32-30-28-26-24-22-20-16-14-12-10-8-6-4-2/h5,7-8,10-11,13-14,16-18,21,23,38-39,41-42H,3-4,6,9,12,15,19-20,22,24-37H2,1-2H3,(H,44,45)/b7-5-,10-8-,13-11-,16-14-,18-17-,23-21-. The van der Waals surface area contributed by atoms with E-state index in [1.807, 2.05) is 0 Å². The highest BCUT2D eigenvalue weighted by Crippen LogP contribution is 2.43. The average molecular weight is 725 g/mol. The fourth-order valence-electron chi connectivity index (χ4n) is 4.50. The number of carbonyl (C=O) groups is 1. The molecule has 0 fully saturated rings. The Hall–Kier alpha value is -2.10. The number of hydrogen-bond donors (Lipinski definition) is 3. The van der Waals surface area contributed by atoms with Crippen molar-refractivity contribution in [3.63, 3.8) is 0 Å². The molecule has 0 heterocycles. The van der Waals surface area contributed by atoms with E-state index in [1.54, 1.807) is 0 Å². The highest BCUT2D eigenvalue weighted by atomic mass is 31.2. The van der Waals surface area contributed by atoms with Gasteiger partial charge in [0.25, 0.3) is 0 Å². The summed E-state index contributed by atoms with van der Waals surface area (Å²) in [5.41, 5.74) is 0. The van der Waals surface area contributed by atoms with Crippen LogP contribution < -0.4 is 0 Å². The summed E-state index contributed by atoms with van der Waals surface area (Å²) in [4.78, 5) is 22.5. The molecule has 3 atom stereocenters. The zero-order valence-electron chi connectivity index (χ0n) is 31.1. The summed E-state index contributed by atoms with van der Waals surface area (Å²) in [5, 5.41) is 18.3. The van der Waals surface area contributed by atoms with E-state index in [-0.39, 0.29) is 13.0 Å². The molecule has 0 aromatic rings. The molecule has 0 rings (SSSR count). The third-order valence-electron chi connectivity index (χ3n) is 7.36. The van der Waals surface area contributed by atoms with Crippen LogP contribution in [-0.4, -0.2) is 66.3 Å². The molecule has 50 heavy (non-hydrogen) atoms. The van der Waals surface area contributed by atoms with Crippen molar-refractivity contribution in [1.29, 1.82) is 0 Å². The lowest BCUT2D eigenvalue weighted by atomic mass is 10.1. The Balaban J connectivity index is 4.34. The highest BCUT2D eigenvalue weighted by molar-refractivity contribution is 7.47. The van der Waals surface area contributed by atoms with Crippen LogP contribution in [0.15, 0.2) is 72.9 Å². The van der Waals surface area contributed by atoms with Gasteiger partial charge in [0.1, 0.15) is 12.2 Å². The molecule has 9 nitrogen and oxygen atoms in total. The van der Waals surface area contributed by atoms with Crippen LogP contribution in [0.4, 0.5) is 0 Å². The first-order valence-electron chi connectivity index (χ1n) is 18.9. The molecular weight excluding hydrogens is 655 g/mol. The van der Waals surface area contributed by atoms with Crippen LogP contribution in [-0.2, 0) is 27.9 Å². The maximum Gasteiger partial charge on any atom is 0.472 e. The molecule has 0 aliphatic rings. The number of aliphatic hydroxyl groups excluding tert-OH is 2. The summed E-state index contributed by atoms with van der Waals surface area (Å²) in [6.45, 7) is 3.20. The highest BCUT2D eigenvalue weighted by Gasteiger charge is 2.26. The van der Waals surface area contributed by atoms with Crippen LogP contribution in [0, 0.1) is 0 Å². The maximum absolute atomic E-state index is 12.5. The van der Waals surface area contributed by atoms with Gasteiger partial charge in [0.05, 0.1) is 26.4 Å². The van der Waals surface area contributed by atoms with Crippen molar-refractivity contribution in [2.45, 2.75) is 142 Å². The predicted octanol–water partition coefficient (Wildman–Crippen LogP) is 9.80. The van der Waals surface area contributed by atoms with Gasteiger partial charge in [-0.15, -0.1) is 0 Å². The lowest BCUT2D eigenvalue weighted by Crippen LogP contribution is -2.29. The summed E-state index contributed by atoms with van der Waals surface area (Å²) in [7, 11) is -4.53. The Morgan fingerprint density at radius 3 is 1.72 bits per heavy atom. The zero-order valence-corrected chi connectivity index (χ0v) is 32.0. The number of allylic oxidation sites excluding steroid dienone is 12. The van der Waals surface area contributed by atoms with E-state index >= 15 is 0 Å². The van der Waals surface area contributed by atoms with Crippen molar-refractivity contribution >= 4 is 13.8 Å². The number of rotatable bonds is 35. The van der Waals surface area contributed by atoms with Gasteiger partial charge in [-0.25, -0.2) is 4.57 Å². The topological polar surface area (TPSA) is 132 Å². The summed E-state index contributed by atoms with van der Waals surface area (Å²) in [5.74, 6) is -0.413. The minimum Gasteiger partial charge on any atom is -0.457 e. The molecule has 0 amide bonds. The summed E-state index contributed by atoms with van der Waals surface area (Å²) < 4.78 is 33.2. The second kappa shape index (κ2) is 36.7. The lowest BCUT2D eigenvalue weighted by molar-refractivity contribution is -0.154. The Labute approximate surface area is 303 Å². The van der Waals surface area contributed by atoms with Gasteiger partial charge in [-0.3, -0.25) is 13.8 Å². The van der Waals surface area contributed by atoms with E-state index in [2.05, 4.69) is 86.8 Å². The first kappa shape index (κ1) is 47.9. The Morgan fingerprint density at radius 2 is 1.14 bits per heavy atom. The van der Waals surface area contributed by atoms with Crippen molar-refractivity contribution in [3.05, 3.63) is 72.9 Å². The first-order valence-corrected chi connectivity index (χ1v) is 20.4.